The normalized spacial score (nSPS) is 11.6. The maximum atomic E-state index is 9.68. The Balaban J connectivity index is 0.969. The van der Waals surface area contributed by atoms with E-state index in [1.807, 2.05) is 97.1 Å². The summed E-state index contributed by atoms with van der Waals surface area (Å²) in [5.74, 6) is 1.17. The molecule has 0 fully saturated rings. The highest BCUT2D eigenvalue weighted by Crippen LogP contribution is 2.40. The minimum atomic E-state index is 0.583. The van der Waals surface area contributed by atoms with E-state index < -0.39 is 0 Å². The molecule has 0 unspecified atom stereocenters. The second-order valence-electron chi connectivity index (χ2n) is 13.8. The summed E-state index contributed by atoms with van der Waals surface area (Å²) in [6, 6.07) is 59.3. The molecule has 262 valence electrons. The topological polar surface area (TPSA) is 92.2 Å². The molecule has 0 bridgehead atoms. The van der Waals surface area contributed by atoms with Gasteiger partial charge in [-0.25, -0.2) is 9.97 Å². The van der Waals surface area contributed by atoms with Crippen LogP contribution in [0.2, 0.25) is 0 Å². The second-order valence-corrected chi connectivity index (χ2v) is 13.8. The van der Waals surface area contributed by atoms with Crippen LogP contribution in [0.5, 0.6) is 0 Å². The summed E-state index contributed by atoms with van der Waals surface area (Å²) in [5, 5.41) is 13.7. The van der Waals surface area contributed by atoms with Gasteiger partial charge in [-0.2, -0.15) is 5.26 Å². The van der Waals surface area contributed by atoms with Crippen LogP contribution < -0.4 is 4.90 Å². The maximum absolute atomic E-state index is 9.68. The zero-order valence-corrected chi connectivity index (χ0v) is 29.7. The lowest BCUT2D eigenvalue weighted by Crippen LogP contribution is -2.09. The van der Waals surface area contributed by atoms with Crippen molar-refractivity contribution in [3.05, 3.63) is 175 Å². The molecule has 0 atom stereocenters. The first-order valence-electron chi connectivity index (χ1n) is 18.3. The highest BCUT2D eigenvalue weighted by atomic mass is 16.4. The number of oxazole rings is 2. The van der Waals surface area contributed by atoms with Gasteiger partial charge in [0.15, 0.2) is 11.2 Å². The Morgan fingerprint density at radius 1 is 0.429 bits per heavy atom. The predicted molar refractivity (Wildman–Crippen MR) is 222 cm³/mol. The molecule has 0 amide bonds. The van der Waals surface area contributed by atoms with Gasteiger partial charge < -0.3 is 18.2 Å². The third-order valence-electron chi connectivity index (χ3n) is 10.4. The van der Waals surface area contributed by atoms with Crippen LogP contribution in [-0.2, 0) is 0 Å². The third-order valence-corrected chi connectivity index (χ3v) is 10.4. The van der Waals surface area contributed by atoms with Gasteiger partial charge >= 0.3 is 0 Å². The molecule has 0 saturated carbocycles. The van der Waals surface area contributed by atoms with Crippen molar-refractivity contribution in [3.63, 3.8) is 0 Å². The number of fused-ring (bicyclic) bond motifs is 6. The fourth-order valence-corrected chi connectivity index (χ4v) is 7.60. The van der Waals surface area contributed by atoms with E-state index in [-0.39, 0.29) is 0 Å². The first-order valence-corrected chi connectivity index (χ1v) is 18.3. The molecule has 0 aliphatic carbocycles. The van der Waals surface area contributed by atoms with Crippen molar-refractivity contribution in [2.24, 2.45) is 0 Å². The minimum absolute atomic E-state index is 0.583. The predicted octanol–water partition coefficient (Wildman–Crippen LogP) is 13.4. The molecular formula is C49H28N4O3. The lowest BCUT2D eigenvalue weighted by atomic mass is 9.99. The Bertz CT molecular complexity index is 3150. The standard InChI is InChI=1S/C49H28N4O3/c50-29-36-6-5-11-45-47(36)40-25-19-35(28-46(40)54-45)32-12-13-34-27-39(24-18-33(34)26-32)53(37-20-14-30(15-21-37)48-51-41-7-1-3-9-43(41)55-48)38-22-16-31(17-23-38)49-52-42-8-2-4-10-44(42)56-49/h1-28H. The number of aromatic nitrogens is 2. The number of nitrogens with zero attached hydrogens (tertiary/aromatic N) is 4. The smallest absolute Gasteiger partial charge is 0.227 e. The Labute approximate surface area is 319 Å². The van der Waals surface area contributed by atoms with Crippen molar-refractivity contribution in [1.82, 2.24) is 9.97 Å². The quantitative estimate of drug-likeness (QED) is 0.169. The zero-order chi connectivity index (χ0) is 37.2. The van der Waals surface area contributed by atoms with Gasteiger partial charge in [0.05, 0.1) is 11.6 Å². The van der Waals surface area contributed by atoms with Crippen molar-refractivity contribution >= 4 is 72.0 Å². The van der Waals surface area contributed by atoms with Gasteiger partial charge in [-0.05, 0) is 137 Å². The minimum Gasteiger partial charge on any atom is -0.456 e. The molecule has 0 spiro atoms. The summed E-state index contributed by atoms with van der Waals surface area (Å²) in [7, 11) is 0. The summed E-state index contributed by atoms with van der Waals surface area (Å²) < 4.78 is 18.3. The summed E-state index contributed by atoms with van der Waals surface area (Å²) >= 11 is 0. The number of hydrogen-bond acceptors (Lipinski definition) is 7. The number of benzene rings is 8. The number of hydrogen-bond donors (Lipinski definition) is 0. The van der Waals surface area contributed by atoms with Gasteiger partial charge in [0.2, 0.25) is 11.8 Å². The van der Waals surface area contributed by atoms with E-state index in [9.17, 15) is 5.26 Å². The average molecular weight is 721 g/mol. The van der Waals surface area contributed by atoms with Crippen LogP contribution in [0.15, 0.2) is 183 Å². The molecule has 7 nitrogen and oxygen atoms in total. The van der Waals surface area contributed by atoms with Crippen LogP contribution in [0, 0.1) is 11.3 Å². The Morgan fingerprint density at radius 3 is 1.61 bits per heavy atom. The highest BCUT2D eigenvalue weighted by Gasteiger charge is 2.17. The summed E-state index contributed by atoms with van der Waals surface area (Å²) in [6.07, 6.45) is 0. The molecule has 8 aromatic carbocycles. The SMILES string of the molecule is N#Cc1cccc2oc3cc(-c4ccc5cc(N(c6ccc(-c7nc8ccccc8o7)cc6)c6ccc(-c7nc8ccccc8o7)cc6)ccc5c4)ccc3c12. The lowest BCUT2D eigenvalue weighted by Gasteiger charge is -2.26. The first kappa shape index (κ1) is 31.6. The van der Waals surface area contributed by atoms with Crippen LogP contribution in [0.1, 0.15) is 5.56 Å². The summed E-state index contributed by atoms with van der Waals surface area (Å²) in [4.78, 5) is 11.7. The Morgan fingerprint density at radius 2 is 0.964 bits per heavy atom. The summed E-state index contributed by atoms with van der Waals surface area (Å²) in [5.41, 5.74) is 12.2. The van der Waals surface area contributed by atoms with Crippen LogP contribution >= 0.6 is 0 Å². The number of anilines is 3. The molecule has 7 heteroatoms. The van der Waals surface area contributed by atoms with Gasteiger partial charge in [0.25, 0.3) is 0 Å². The molecule has 11 aromatic rings. The van der Waals surface area contributed by atoms with Crippen molar-refractivity contribution in [3.8, 4) is 40.1 Å². The van der Waals surface area contributed by atoms with Gasteiger partial charge in [0.1, 0.15) is 22.2 Å². The Hall–Kier alpha value is -7.95. The number of rotatable bonds is 6. The molecule has 0 saturated heterocycles. The fraction of sp³-hybridized carbons (Fsp3) is 0. The number of para-hydroxylation sites is 4. The lowest BCUT2D eigenvalue weighted by molar-refractivity contribution is 0.619. The van der Waals surface area contributed by atoms with E-state index in [0.29, 0.717) is 22.9 Å². The molecular weight excluding hydrogens is 693 g/mol. The summed E-state index contributed by atoms with van der Waals surface area (Å²) in [6.45, 7) is 0. The molecule has 11 rings (SSSR count). The molecule has 0 radical (unpaired) electrons. The van der Waals surface area contributed by atoms with E-state index in [4.69, 9.17) is 23.2 Å². The number of furan rings is 1. The van der Waals surface area contributed by atoms with E-state index in [2.05, 4.69) is 83.8 Å². The van der Waals surface area contributed by atoms with Crippen molar-refractivity contribution in [1.29, 1.82) is 5.26 Å². The van der Waals surface area contributed by atoms with E-state index in [1.165, 1.54) is 0 Å². The largest absolute Gasteiger partial charge is 0.456 e. The number of nitriles is 1. The molecule has 0 aliphatic rings. The van der Waals surface area contributed by atoms with Crippen LogP contribution in [0.25, 0.3) is 88.9 Å². The van der Waals surface area contributed by atoms with Crippen molar-refractivity contribution in [2.45, 2.75) is 0 Å². The molecule has 3 aromatic heterocycles. The highest BCUT2D eigenvalue weighted by molar-refractivity contribution is 6.08. The fourth-order valence-electron chi connectivity index (χ4n) is 7.60. The molecule has 0 aliphatic heterocycles. The van der Waals surface area contributed by atoms with Crippen molar-refractivity contribution < 1.29 is 13.3 Å². The van der Waals surface area contributed by atoms with Crippen LogP contribution in [-0.4, -0.2) is 9.97 Å². The first-order chi connectivity index (χ1) is 27.6. The molecule has 56 heavy (non-hydrogen) atoms. The van der Waals surface area contributed by atoms with Gasteiger partial charge in [-0.3, -0.25) is 0 Å². The van der Waals surface area contributed by atoms with Crippen LogP contribution in [0.4, 0.5) is 17.1 Å². The van der Waals surface area contributed by atoms with Gasteiger partial charge in [-0.1, -0.05) is 54.6 Å². The van der Waals surface area contributed by atoms with E-state index in [0.717, 1.165) is 88.6 Å². The third kappa shape index (κ3) is 5.28. The second kappa shape index (κ2) is 12.6. The maximum Gasteiger partial charge on any atom is 0.227 e. The monoisotopic (exact) mass is 720 g/mol. The van der Waals surface area contributed by atoms with Crippen molar-refractivity contribution in [2.75, 3.05) is 4.90 Å². The van der Waals surface area contributed by atoms with E-state index >= 15 is 0 Å². The average Bonchev–Trinajstić information content (AvgIpc) is 3.99. The molecule has 0 N–H and O–H groups in total. The van der Waals surface area contributed by atoms with Gasteiger partial charge in [-0.15, -0.1) is 0 Å². The Kier molecular flexibility index (Phi) is 7.09. The molecule has 3 heterocycles. The van der Waals surface area contributed by atoms with E-state index in [1.54, 1.807) is 0 Å². The zero-order valence-electron chi connectivity index (χ0n) is 29.7. The van der Waals surface area contributed by atoms with Crippen LogP contribution in [0.3, 0.4) is 0 Å². The van der Waals surface area contributed by atoms with Gasteiger partial charge in [0, 0.05) is 39.0 Å².